The zero-order chi connectivity index (χ0) is 14.5. The van der Waals surface area contributed by atoms with E-state index in [1.807, 2.05) is 12.3 Å². The van der Waals surface area contributed by atoms with E-state index in [-0.39, 0.29) is 0 Å². The van der Waals surface area contributed by atoms with E-state index >= 15 is 0 Å². The molecule has 0 spiro atoms. The molecule has 1 unspecified atom stereocenters. The Kier molecular flexibility index (Phi) is 4.91. The molecule has 1 fully saturated rings. The van der Waals surface area contributed by atoms with Crippen molar-refractivity contribution in [1.29, 1.82) is 0 Å². The highest BCUT2D eigenvalue weighted by Crippen LogP contribution is 2.36. The first kappa shape index (κ1) is 14.6. The number of hydrogen-bond donors (Lipinski definition) is 1. The summed E-state index contributed by atoms with van der Waals surface area (Å²) in [5.41, 5.74) is 2.48. The van der Waals surface area contributed by atoms with Crippen LogP contribution in [0.3, 0.4) is 0 Å². The minimum Gasteiger partial charge on any atom is -0.377 e. The van der Waals surface area contributed by atoms with Crippen LogP contribution in [0.5, 0.6) is 0 Å². The van der Waals surface area contributed by atoms with E-state index in [1.54, 1.807) is 0 Å². The third-order valence-corrected chi connectivity index (χ3v) is 4.80. The fourth-order valence-electron chi connectivity index (χ4n) is 3.24. The number of anilines is 1. The third kappa shape index (κ3) is 3.85. The molecule has 1 aliphatic carbocycles. The average molecular weight is 345 g/mol. The molecule has 1 saturated carbocycles. The zero-order valence-electron chi connectivity index (χ0n) is 12.1. The molecule has 0 bridgehead atoms. The van der Waals surface area contributed by atoms with E-state index in [4.69, 9.17) is 0 Å². The molecule has 1 aromatic carbocycles. The smallest absolute Gasteiger partial charge is 0.106 e. The van der Waals surface area contributed by atoms with Crippen LogP contribution in [0.1, 0.15) is 43.7 Å². The molecular weight excluding hydrogens is 324 g/mol. The summed E-state index contributed by atoms with van der Waals surface area (Å²) >= 11 is 3.39. The van der Waals surface area contributed by atoms with Crippen molar-refractivity contribution in [2.24, 2.45) is 5.92 Å². The van der Waals surface area contributed by atoms with Crippen molar-refractivity contribution in [3.8, 4) is 0 Å². The van der Waals surface area contributed by atoms with Gasteiger partial charge in [0, 0.05) is 0 Å². The molecule has 0 aliphatic heterocycles. The topological polar surface area (TPSA) is 24.9 Å². The summed E-state index contributed by atoms with van der Waals surface area (Å²) in [4.78, 5) is 4.33. The lowest BCUT2D eigenvalue weighted by Crippen LogP contribution is -2.23. The van der Waals surface area contributed by atoms with Gasteiger partial charge in [-0.1, -0.05) is 49.6 Å². The predicted molar refractivity (Wildman–Crippen MR) is 91.3 cm³/mol. The van der Waals surface area contributed by atoms with Crippen molar-refractivity contribution < 1.29 is 0 Å². The molecule has 3 heteroatoms. The van der Waals surface area contributed by atoms with Gasteiger partial charge in [-0.3, -0.25) is 0 Å². The number of pyridine rings is 1. The first-order chi connectivity index (χ1) is 10.3. The van der Waals surface area contributed by atoms with Crippen LogP contribution in [0.2, 0.25) is 0 Å². The largest absolute Gasteiger partial charge is 0.377 e. The lowest BCUT2D eigenvalue weighted by Gasteiger charge is -2.32. The van der Waals surface area contributed by atoms with Gasteiger partial charge in [-0.05, 0) is 52.4 Å². The van der Waals surface area contributed by atoms with Crippen LogP contribution in [0.25, 0.3) is 0 Å². The van der Waals surface area contributed by atoms with Gasteiger partial charge in [0.25, 0.3) is 0 Å². The molecule has 110 valence electrons. The highest BCUT2D eigenvalue weighted by molar-refractivity contribution is 9.10. The summed E-state index contributed by atoms with van der Waals surface area (Å²) in [7, 11) is 0. The second kappa shape index (κ2) is 7.08. The van der Waals surface area contributed by atoms with Crippen molar-refractivity contribution in [3.05, 3.63) is 58.8 Å². The first-order valence-corrected chi connectivity index (χ1v) is 8.55. The Labute approximate surface area is 135 Å². The maximum atomic E-state index is 4.33. The van der Waals surface area contributed by atoms with Crippen LogP contribution in [0, 0.1) is 5.92 Å². The molecule has 0 amide bonds. The van der Waals surface area contributed by atoms with Crippen LogP contribution in [-0.4, -0.2) is 4.98 Å². The molecule has 1 N–H and O–H groups in total. The molecule has 1 heterocycles. The number of rotatable bonds is 4. The average Bonchev–Trinajstić information content (AvgIpc) is 2.56. The van der Waals surface area contributed by atoms with E-state index in [0.29, 0.717) is 12.0 Å². The monoisotopic (exact) mass is 344 g/mol. The van der Waals surface area contributed by atoms with E-state index < -0.39 is 0 Å². The second-order valence-electron chi connectivity index (χ2n) is 5.80. The molecule has 1 aliphatic rings. The summed E-state index contributed by atoms with van der Waals surface area (Å²) in [5.74, 6) is 0.713. The molecule has 21 heavy (non-hydrogen) atoms. The minimum atomic E-state index is 0.384. The standard InChI is InChI=1S/C18H21BrN2/c19-17-12-11-16(13-20-17)21-18(14-7-3-1-4-8-14)15-9-5-2-6-10-15/h1,3-4,7-8,11-13,15,18,21H,2,5-6,9-10H2. The highest BCUT2D eigenvalue weighted by atomic mass is 79.9. The van der Waals surface area contributed by atoms with E-state index in [1.165, 1.54) is 37.7 Å². The van der Waals surface area contributed by atoms with Crippen molar-refractivity contribution in [1.82, 2.24) is 4.98 Å². The summed E-state index contributed by atoms with van der Waals surface area (Å²) in [6.45, 7) is 0. The van der Waals surface area contributed by atoms with Gasteiger partial charge >= 0.3 is 0 Å². The number of hydrogen-bond acceptors (Lipinski definition) is 2. The van der Waals surface area contributed by atoms with Gasteiger partial charge in [-0.15, -0.1) is 0 Å². The van der Waals surface area contributed by atoms with Crippen molar-refractivity contribution in [2.75, 3.05) is 5.32 Å². The van der Waals surface area contributed by atoms with Crippen molar-refractivity contribution in [2.45, 2.75) is 38.1 Å². The molecule has 3 rings (SSSR count). The lowest BCUT2D eigenvalue weighted by molar-refractivity contribution is 0.321. The van der Waals surface area contributed by atoms with Crippen LogP contribution in [-0.2, 0) is 0 Å². The predicted octanol–water partition coefficient (Wildman–Crippen LogP) is 5.58. The Morgan fingerprint density at radius 1 is 1.00 bits per heavy atom. The van der Waals surface area contributed by atoms with Gasteiger partial charge in [-0.2, -0.15) is 0 Å². The number of nitrogens with one attached hydrogen (secondary N) is 1. The normalized spacial score (nSPS) is 17.4. The fourth-order valence-corrected chi connectivity index (χ4v) is 3.48. The Balaban J connectivity index is 1.83. The van der Waals surface area contributed by atoms with Gasteiger partial charge in [-0.25, -0.2) is 4.98 Å². The zero-order valence-corrected chi connectivity index (χ0v) is 13.7. The number of benzene rings is 1. The molecule has 1 atom stereocenters. The fraction of sp³-hybridized carbons (Fsp3) is 0.389. The molecule has 0 radical (unpaired) electrons. The van der Waals surface area contributed by atoms with Crippen molar-refractivity contribution in [3.63, 3.8) is 0 Å². The van der Waals surface area contributed by atoms with E-state index in [2.05, 4.69) is 62.6 Å². The Bertz CT molecular complexity index is 547. The Morgan fingerprint density at radius 3 is 2.43 bits per heavy atom. The molecular formula is C18H21BrN2. The van der Waals surface area contributed by atoms with E-state index in [0.717, 1.165) is 10.3 Å². The lowest BCUT2D eigenvalue weighted by atomic mass is 9.81. The number of aromatic nitrogens is 1. The molecule has 2 aromatic rings. The summed E-state index contributed by atoms with van der Waals surface area (Å²) < 4.78 is 0.877. The van der Waals surface area contributed by atoms with Gasteiger partial charge in [0.05, 0.1) is 17.9 Å². The maximum absolute atomic E-state index is 4.33. The van der Waals surface area contributed by atoms with Crippen LogP contribution in [0.4, 0.5) is 5.69 Å². The summed E-state index contributed by atoms with van der Waals surface area (Å²) in [6, 6.07) is 15.3. The van der Waals surface area contributed by atoms with Crippen LogP contribution in [0.15, 0.2) is 53.3 Å². The van der Waals surface area contributed by atoms with Crippen LogP contribution >= 0.6 is 15.9 Å². The van der Waals surface area contributed by atoms with Gasteiger partial charge in [0.2, 0.25) is 0 Å². The SMILES string of the molecule is Brc1ccc(NC(c2ccccc2)C2CCCCC2)cn1. The van der Waals surface area contributed by atoms with Crippen LogP contribution < -0.4 is 5.32 Å². The number of halogens is 1. The third-order valence-electron chi connectivity index (χ3n) is 4.33. The highest BCUT2D eigenvalue weighted by Gasteiger charge is 2.24. The van der Waals surface area contributed by atoms with Gasteiger partial charge in [0.15, 0.2) is 0 Å². The summed E-state index contributed by atoms with van der Waals surface area (Å²) in [5, 5.41) is 3.71. The first-order valence-electron chi connectivity index (χ1n) is 7.76. The van der Waals surface area contributed by atoms with Gasteiger partial charge < -0.3 is 5.32 Å². The summed E-state index contributed by atoms with van der Waals surface area (Å²) in [6.07, 6.45) is 8.64. The van der Waals surface area contributed by atoms with E-state index in [9.17, 15) is 0 Å². The minimum absolute atomic E-state index is 0.384. The number of nitrogens with zero attached hydrogens (tertiary/aromatic N) is 1. The van der Waals surface area contributed by atoms with Crippen molar-refractivity contribution >= 4 is 21.6 Å². The maximum Gasteiger partial charge on any atom is 0.106 e. The van der Waals surface area contributed by atoms with Gasteiger partial charge in [0.1, 0.15) is 4.60 Å². The quantitative estimate of drug-likeness (QED) is 0.732. The molecule has 0 saturated heterocycles. The Hall–Kier alpha value is -1.35. The molecule has 1 aromatic heterocycles. The second-order valence-corrected chi connectivity index (χ2v) is 6.61. The Morgan fingerprint density at radius 2 is 1.76 bits per heavy atom. The molecule has 2 nitrogen and oxygen atoms in total.